The Morgan fingerprint density at radius 3 is 2.71 bits per heavy atom. The molecule has 1 saturated heterocycles. The number of hydrogen-bond donors (Lipinski definition) is 1. The van der Waals surface area contributed by atoms with Crippen molar-refractivity contribution in [3.8, 4) is 5.75 Å². The summed E-state index contributed by atoms with van der Waals surface area (Å²) >= 11 is 0. The van der Waals surface area contributed by atoms with Crippen LogP contribution < -0.4 is 10.1 Å². The minimum atomic E-state index is -0.111. The Morgan fingerprint density at radius 1 is 1.19 bits per heavy atom. The van der Waals surface area contributed by atoms with Crippen LogP contribution in [0.2, 0.25) is 0 Å². The maximum atomic E-state index is 12.4. The van der Waals surface area contributed by atoms with Crippen molar-refractivity contribution in [3.05, 3.63) is 42.0 Å². The third kappa shape index (κ3) is 2.67. The van der Waals surface area contributed by atoms with Gasteiger partial charge in [0.05, 0.1) is 13.7 Å². The second-order valence-electron chi connectivity index (χ2n) is 5.00. The third-order valence-corrected chi connectivity index (χ3v) is 3.62. The minimum Gasteiger partial charge on any atom is -0.497 e. The number of nitrogens with one attached hydrogen (secondary N) is 1. The highest BCUT2D eigenvalue weighted by Crippen LogP contribution is 2.22. The highest BCUT2D eigenvalue weighted by molar-refractivity contribution is 6.00. The van der Waals surface area contributed by atoms with E-state index in [0.29, 0.717) is 18.7 Å². The van der Waals surface area contributed by atoms with Crippen LogP contribution in [-0.2, 0) is 4.79 Å². The number of amides is 2. The van der Waals surface area contributed by atoms with E-state index in [0.717, 1.165) is 16.5 Å². The van der Waals surface area contributed by atoms with E-state index in [1.807, 2.05) is 30.3 Å². The number of hydrogen-bond acceptors (Lipinski definition) is 3. The Hall–Kier alpha value is -2.56. The second kappa shape index (κ2) is 5.44. The zero-order chi connectivity index (χ0) is 14.8. The molecule has 0 aliphatic carbocycles. The first-order chi connectivity index (χ1) is 10.2. The summed E-state index contributed by atoms with van der Waals surface area (Å²) in [6.45, 7) is 1.18. The lowest BCUT2D eigenvalue weighted by Gasteiger charge is -2.26. The molecule has 2 aromatic rings. The number of carbonyl (C=O) groups is 2. The van der Waals surface area contributed by atoms with E-state index < -0.39 is 0 Å². The number of fused-ring (bicyclic) bond motifs is 1. The summed E-state index contributed by atoms with van der Waals surface area (Å²) in [6, 6.07) is 11.3. The zero-order valence-corrected chi connectivity index (χ0v) is 11.8. The first-order valence-corrected chi connectivity index (χ1v) is 6.81. The van der Waals surface area contributed by atoms with Gasteiger partial charge in [0.1, 0.15) is 5.75 Å². The summed E-state index contributed by atoms with van der Waals surface area (Å²) in [5.74, 6) is 0.567. The van der Waals surface area contributed by atoms with Crippen LogP contribution in [0, 0.1) is 0 Å². The molecule has 0 saturated carbocycles. The Labute approximate surface area is 122 Å². The molecular formula is C16H16N2O3. The SMILES string of the molecule is COc1ccc2cc(C(=O)N3CCNC(=O)C3)ccc2c1. The first-order valence-electron chi connectivity index (χ1n) is 6.81. The van der Waals surface area contributed by atoms with Crippen LogP contribution in [0.1, 0.15) is 10.4 Å². The summed E-state index contributed by atoms with van der Waals surface area (Å²) in [6.07, 6.45) is 0. The lowest BCUT2D eigenvalue weighted by Crippen LogP contribution is -2.49. The van der Waals surface area contributed by atoms with Gasteiger partial charge in [-0.15, -0.1) is 0 Å². The number of carbonyl (C=O) groups excluding carboxylic acids is 2. The summed E-state index contributed by atoms with van der Waals surface area (Å²) in [5, 5.41) is 4.71. The monoisotopic (exact) mass is 284 g/mol. The molecule has 1 fully saturated rings. The maximum absolute atomic E-state index is 12.4. The molecular weight excluding hydrogens is 268 g/mol. The van der Waals surface area contributed by atoms with E-state index in [1.54, 1.807) is 18.1 Å². The molecule has 0 spiro atoms. The quantitative estimate of drug-likeness (QED) is 0.907. The minimum absolute atomic E-state index is 0.109. The Bertz CT molecular complexity index is 712. The number of piperazine rings is 1. The van der Waals surface area contributed by atoms with Crippen molar-refractivity contribution < 1.29 is 14.3 Å². The lowest BCUT2D eigenvalue weighted by atomic mass is 10.1. The van der Waals surface area contributed by atoms with Crippen molar-refractivity contribution in [1.82, 2.24) is 10.2 Å². The average Bonchev–Trinajstić information content (AvgIpc) is 2.53. The number of rotatable bonds is 2. The molecule has 21 heavy (non-hydrogen) atoms. The number of methoxy groups -OCH3 is 1. The molecule has 2 amide bonds. The highest BCUT2D eigenvalue weighted by atomic mass is 16.5. The van der Waals surface area contributed by atoms with Crippen LogP contribution >= 0.6 is 0 Å². The van der Waals surface area contributed by atoms with Crippen molar-refractivity contribution in [2.24, 2.45) is 0 Å². The largest absolute Gasteiger partial charge is 0.497 e. The summed E-state index contributed by atoms with van der Waals surface area (Å²) < 4.78 is 5.19. The molecule has 1 aliphatic rings. The standard InChI is InChI=1S/C16H16N2O3/c1-21-14-5-4-11-8-13(3-2-12(11)9-14)16(20)18-7-6-17-15(19)10-18/h2-5,8-9H,6-7,10H2,1H3,(H,17,19). The summed E-state index contributed by atoms with van der Waals surface area (Å²) in [4.78, 5) is 25.4. The Kier molecular flexibility index (Phi) is 3.48. The van der Waals surface area contributed by atoms with E-state index in [2.05, 4.69) is 5.32 Å². The molecule has 0 radical (unpaired) electrons. The van der Waals surface area contributed by atoms with Gasteiger partial charge in [-0.3, -0.25) is 9.59 Å². The van der Waals surface area contributed by atoms with Gasteiger partial charge in [0.2, 0.25) is 5.91 Å². The summed E-state index contributed by atoms with van der Waals surface area (Å²) in [7, 11) is 1.63. The van der Waals surface area contributed by atoms with Crippen LogP contribution in [-0.4, -0.2) is 43.5 Å². The molecule has 1 aliphatic heterocycles. The molecule has 1 heterocycles. The van der Waals surface area contributed by atoms with Gasteiger partial charge in [0, 0.05) is 18.7 Å². The fourth-order valence-corrected chi connectivity index (χ4v) is 2.48. The Morgan fingerprint density at radius 2 is 1.95 bits per heavy atom. The predicted octanol–water partition coefficient (Wildman–Crippen LogP) is 1.42. The van der Waals surface area contributed by atoms with E-state index in [4.69, 9.17) is 4.74 Å². The molecule has 1 N–H and O–H groups in total. The second-order valence-corrected chi connectivity index (χ2v) is 5.00. The fourth-order valence-electron chi connectivity index (χ4n) is 2.48. The molecule has 5 nitrogen and oxygen atoms in total. The van der Waals surface area contributed by atoms with E-state index in [1.165, 1.54) is 0 Å². The van der Waals surface area contributed by atoms with Gasteiger partial charge in [0.25, 0.3) is 5.91 Å². The fraction of sp³-hybridized carbons (Fsp3) is 0.250. The molecule has 5 heteroatoms. The smallest absolute Gasteiger partial charge is 0.254 e. The van der Waals surface area contributed by atoms with E-state index in [9.17, 15) is 9.59 Å². The topological polar surface area (TPSA) is 58.6 Å². The highest BCUT2D eigenvalue weighted by Gasteiger charge is 2.22. The van der Waals surface area contributed by atoms with E-state index >= 15 is 0 Å². The molecule has 3 rings (SSSR count). The van der Waals surface area contributed by atoms with Crippen molar-refractivity contribution in [1.29, 1.82) is 0 Å². The normalized spacial score (nSPS) is 14.9. The van der Waals surface area contributed by atoms with Gasteiger partial charge < -0.3 is 15.0 Å². The van der Waals surface area contributed by atoms with E-state index in [-0.39, 0.29) is 18.4 Å². The van der Waals surface area contributed by atoms with Crippen LogP contribution in [0.25, 0.3) is 10.8 Å². The van der Waals surface area contributed by atoms with Gasteiger partial charge in [0.15, 0.2) is 0 Å². The number of ether oxygens (including phenoxy) is 1. The molecule has 0 atom stereocenters. The molecule has 2 aromatic carbocycles. The molecule has 0 bridgehead atoms. The van der Waals surface area contributed by atoms with Crippen LogP contribution in [0.4, 0.5) is 0 Å². The molecule has 0 unspecified atom stereocenters. The predicted molar refractivity (Wildman–Crippen MR) is 79.4 cm³/mol. The number of nitrogens with zero attached hydrogens (tertiary/aromatic N) is 1. The van der Waals surface area contributed by atoms with Crippen molar-refractivity contribution in [3.63, 3.8) is 0 Å². The Balaban J connectivity index is 1.89. The van der Waals surface area contributed by atoms with Crippen molar-refractivity contribution >= 4 is 22.6 Å². The van der Waals surface area contributed by atoms with Crippen LogP contribution in [0.5, 0.6) is 5.75 Å². The summed E-state index contributed by atoms with van der Waals surface area (Å²) in [5.41, 5.74) is 0.599. The first kappa shape index (κ1) is 13.4. The van der Waals surface area contributed by atoms with Gasteiger partial charge >= 0.3 is 0 Å². The van der Waals surface area contributed by atoms with Crippen molar-refractivity contribution in [2.75, 3.05) is 26.7 Å². The molecule has 0 aromatic heterocycles. The van der Waals surface area contributed by atoms with Crippen molar-refractivity contribution in [2.45, 2.75) is 0 Å². The van der Waals surface area contributed by atoms with Gasteiger partial charge in [-0.1, -0.05) is 12.1 Å². The van der Waals surface area contributed by atoms with Crippen LogP contribution in [0.15, 0.2) is 36.4 Å². The average molecular weight is 284 g/mol. The molecule has 108 valence electrons. The van der Waals surface area contributed by atoms with Gasteiger partial charge in [-0.05, 0) is 35.0 Å². The van der Waals surface area contributed by atoms with Gasteiger partial charge in [-0.2, -0.15) is 0 Å². The maximum Gasteiger partial charge on any atom is 0.254 e. The van der Waals surface area contributed by atoms with Crippen LogP contribution in [0.3, 0.4) is 0 Å². The zero-order valence-electron chi connectivity index (χ0n) is 11.8. The number of benzene rings is 2. The third-order valence-electron chi connectivity index (χ3n) is 3.62. The lowest BCUT2D eigenvalue weighted by molar-refractivity contribution is -0.123. The van der Waals surface area contributed by atoms with Gasteiger partial charge in [-0.25, -0.2) is 0 Å².